The molecule has 6 nitrogen and oxygen atoms in total. The summed E-state index contributed by atoms with van der Waals surface area (Å²) in [4.78, 5) is 25.1. The third-order valence-electron chi connectivity index (χ3n) is 2.72. The summed E-state index contributed by atoms with van der Waals surface area (Å²) in [7, 11) is 1.61. The number of carbonyl (C=O) groups excluding carboxylic acids is 2. The predicted octanol–water partition coefficient (Wildman–Crippen LogP) is 1.73. The summed E-state index contributed by atoms with van der Waals surface area (Å²) in [5.74, 6) is 0.431. The second-order valence-electron chi connectivity index (χ2n) is 4.06. The molecule has 0 saturated heterocycles. The maximum atomic E-state index is 11.9. The fourth-order valence-electron chi connectivity index (χ4n) is 1.50. The summed E-state index contributed by atoms with van der Waals surface area (Å²) in [5.41, 5.74) is 0. The lowest BCUT2D eigenvalue weighted by Crippen LogP contribution is -2.31. The van der Waals surface area contributed by atoms with E-state index >= 15 is 0 Å². The van der Waals surface area contributed by atoms with Gasteiger partial charge in [-0.3, -0.25) is 9.59 Å². The van der Waals surface area contributed by atoms with Crippen LogP contribution in [0, 0.1) is 0 Å². The number of rotatable bonds is 8. The van der Waals surface area contributed by atoms with Crippen LogP contribution in [0.1, 0.15) is 20.8 Å². The molecule has 0 aliphatic rings. The lowest BCUT2D eigenvalue weighted by molar-refractivity contribution is -0.128. The Morgan fingerprint density at radius 3 is 2.48 bits per heavy atom. The van der Waals surface area contributed by atoms with Gasteiger partial charge in [0.05, 0.1) is 11.0 Å². The fourth-order valence-corrected chi connectivity index (χ4v) is 4.63. The first-order chi connectivity index (χ1) is 10.0. The zero-order chi connectivity index (χ0) is 15.8. The standard InChI is InChI=1S/C12H20N4O2S3/c1-5-16(6-2)9(17)7-19-11-14-15-12(21-11)20-8(3)10(18)13-4/h8H,5-7H2,1-4H3,(H,13,18)/t8-/m0/s1. The van der Waals surface area contributed by atoms with E-state index in [0.717, 1.165) is 21.8 Å². The first-order valence-corrected chi connectivity index (χ1v) is 9.32. The molecule has 9 heteroatoms. The van der Waals surface area contributed by atoms with Gasteiger partial charge in [0.2, 0.25) is 11.8 Å². The van der Waals surface area contributed by atoms with Crippen LogP contribution < -0.4 is 5.32 Å². The van der Waals surface area contributed by atoms with Crippen LogP contribution in [0.3, 0.4) is 0 Å². The van der Waals surface area contributed by atoms with Crippen molar-refractivity contribution in [3.63, 3.8) is 0 Å². The minimum absolute atomic E-state index is 0.0406. The Hall–Kier alpha value is -0.800. The zero-order valence-corrected chi connectivity index (χ0v) is 15.0. The van der Waals surface area contributed by atoms with Crippen molar-refractivity contribution in [3.8, 4) is 0 Å². The Bertz CT molecular complexity index is 477. The number of hydrogen-bond donors (Lipinski definition) is 1. The van der Waals surface area contributed by atoms with Gasteiger partial charge in [-0.15, -0.1) is 10.2 Å². The van der Waals surface area contributed by atoms with Crippen LogP contribution in [0.5, 0.6) is 0 Å². The van der Waals surface area contributed by atoms with Gasteiger partial charge in [-0.05, 0) is 20.8 Å². The molecule has 0 radical (unpaired) electrons. The Labute approximate surface area is 137 Å². The molecule has 1 N–H and O–H groups in total. The van der Waals surface area contributed by atoms with E-state index in [-0.39, 0.29) is 17.1 Å². The molecule has 118 valence electrons. The highest BCUT2D eigenvalue weighted by Crippen LogP contribution is 2.31. The second-order valence-corrected chi connectivity index (χ2v) is 7.85. The average molecular weight is 349 g/mol. The lowest BCUT2D eigenvalue weighted by Gasteiger charge is -2.17. The van der Waals surface area contributed by atoms with Crippen molar-refractivity contribution in [2.45, 2.75) is 34.7 Å². The molecule has 0 unspecified atom stereocenters. The van der Waals surface area contributed by atoms with Crippen LogP contribution in [0.2, 0.25) is 0 Å². The number of carbonyl (C=O) groups is 2. The van der Waals surface area contributed by atoms with Crippen LogP contribution in [-0.2, 0) is 9.59 Å². The Morgan fingerprint density at radius 2 is 1.90 bits per heavy atom. The van der Waals surface area contributed by atoms with Gasteiger partial charge in [-0.1, -0.05) is 34.9 Å². The minimum atomic E-state index is -0.210. The summed E-state index contributed by atoms with van der Waals surface area (Å²) >= 11 is 4.17. The van der Waals surface area contributed by atoms with E-state index in [4.69, 9.17) is 0 Å². The Balaban J connectivity index is 2.49. The van der Waals surface area contributed by atoms with Gasteiger partial charge in [0.15, 0.2) is 8.68 Å². The Kier molecular flexibility index (Phi) is 8.05. The van der Waals surface area contributed by atoms with Crippen molar-refractivity contribution in [2.75, 3.05) is 25.9 Å². The number of aromatic nitrogens is 2. The first kappa shape index (κ1) is 18.2. The first-order valence-electron chi connectivity index (χ1n) is 6.64. The molecule has 1 heterocycles. The van der Waals surface area contributed by atoms with Gasteiger partial charge < -0.3 is 10.2 Å². The largest absolute Gasteiger partial charge is 0.358 e. The third-order valence-corrected chi connectivity index (χ3v) is 5.94. The summed E-state index contributed by atoms with van der Waals surface area (Å²) < 4.78 is 1.49. The average Bonchev–Trinajstić information content (AvgIpc) is 2.92. The van der Waals surface area contributed by atoms with E-state index in [1.54, 1.807) is 11.9 Å². The number of amides is 2. The van der Waals surface area contributed by atoms with Gasteiger partial charge in [0.1, 0.15) is 0 Å². The molecule has 1 aromatic heterocycles. The van der Waals surface area contributed by atoms with Crippen LogP contribution in [0.25, 0.3) is 0 Å². The minimum Gasteiger partial charge on any atom is -0.358 e. The van der Waals surface area contributed by atoms with E-state index in [0.29, 0.717) is 5.75 Å². The summed E-state index contributed by atoms with van der Waals surface area (Å²) in [6.45, 7) is 7.19. The van der Waals surface area contributed by atoms with Crippen molar-refractivity contribution in [2.24, 2.45) is 0 Å². The number of thioether (sulfide) groups is 2. The maximum absolute atomic E-state index is 11.9. The van der Waals surface area contributed by atoms with E-state index in [9.17, 15) is 9.59 Å². The highest BCUT2D eigenvalue weighted by Gasteiger charge is 2.17. The van der Waals surface area contributed by atoms with Crippen molar-refractivity contribution >= 4 is 46.7 Å². The third kappa shape index (κ3) is 5.84. The quantitative estimate of drug-likeness (QED) is 0.721. The van der Waals surface area contributed by atoms with Gasteiger partial charge in [0.25, 0.3) is 0 Å². The van der Waals surface area contributed by atoms with E-state index < -0.39 is 0 Å². The number of hydrogen-bond acceptors (Lipinski definition) is 7. The highest BCUT2D eigenvalue weighted by molar-refractivity contribution is 8.04. The smallest absolute Gasteiger partial charge is 0.233 e. The van der Waals surface area contributed by atoms with Gasteiger partial charge in [0, 0.05) is 20.1 Å². The predicted molar refractivity (Wildman–Crippen MR) is 87.9 cm³/mol. The molecule has 21 heavy (non-hydrogen) atoms. The van der Waals surface area contributed by atoms with Gasteiger partial charge in [-0.25, -0.2) is 0 Å². The van der Waals surface area contributed by atoms with Gasteiger partial charge >= 0.3 is 0 Å². The second kappa shape index (κ2) is 9.26. The van der Waals surface area contributed by atoms with Crippen LogP contribution >= 0.6 is 34.9 Å². The van der Waals surface area contributed by atoms with E-state index in [1.807, 2.05) is 20.8 Å². The molecule has 0 bridgehead atoms. The van der Waals surface area contributed by atoms with E-state index in [2.05, 4.69) is 15.5 Å². The number of nitrogens with zero attached hydrogens (tertiary/aromatic N) is 3. The van der Waals surface area contributed by atoms with Crippen LogP contribution in [0.4, 0.5) is 0 Å². The van der Waals surface area contributed by atoms with Crippen molar-refractivity contribution in [1.82, 2.24) is 20.4 Å². The highest BCUT2D eigenvalue weighted by atomic mass is 32.2. The molecule has 0 fully saturated rings. The summed E-state index contributed by atoms with van der Waals surface area (Å²) in [6.07, 6.45) is 0. The molecule has 1 rings (SSSR count). The molecule has 1 aromatic rings. The molecule has 2 amide bonds. The topological polar surface area (TPSA) is 75.2 Å². The molecule has 0 aliphatic carbocycles. The SMILES string of the molecule is CCN(CC)C(=O)CSc1nnc(S[C@@H](C)C(=O)NC)s1. The maximum Gasteiger partial charge on any atom is 0.233 e. The normalized spacial score (nSPS) is 12.0. The molecule has 0 aliphatic heterocycles. The molecule has 0 spiro atoms. The Morgan fingerprint density at radius 1 is 1.29 bits per heavy atom. The molecule has 0 saturated carbocycles. The van der Waals surface area contributed by atoms with Crippen molar-refractivity contribution in [1.29, 1.82) is 0 Å². The van der Waals surface area contributed by atoms with Crippen molar-refractivity contribution in [3.05, 3.63) is 0 Å². The fraction of sp³-hybridized carbons (Fsp3) is 0.667. The van der Waals surface area contributed by atoms with Crippen molar-refractivity contribution < 1.29 is 9.59 Å². The zero-order valence-electron chi connectivity index (χ0n) is 12.6. The van der Waals surface area contributed by atoms with Gasteiger partial charge in [-0.2, -0.15) is 0 Å². The molecule has 1 atom stereocenters. The molecular weight excluding hydrogens is 328 g/mol. The molecular formula is C12H20N4O2S3. The lowest BCUT2D eigenvalue weighted by atomic mass is 10.4. The summed E-state index contributed by atoms with van der Waals surface area (Å²) in [5, 5.41) is 10.5. The molecule has 0 aromatic carbocycles. The van der Waals surface area contributed by atoms with Crippen LogP contribution in [0.15, 0.2) is 8.68 Å². The van der Waals surface area contributed by atoms with Crippen LogP contribution in [-0.4, -0.2) is 58.1 Å². The van der Waals surface area contributed by atoms with E-state index in [1.165, 1.54) is 34.9 Å². The monoisotopic (exact) mass is 348 g/mol. The number of nitrogens with one attached hydrogen (secondary N) is 1. The summed E-state index contributed by atoms with van der Waals surface area (Å²) in [6, 6.07) is 0.